The molecule has 0 fully saturated rings. The summed E-state index contributed by atoms with van der Waals surface area (Å²) in [5.41, 5.74) is 2.21. The van der Waals surface area contributed by atoms with E-state index in [1.807, 2.05) is 12.1 Å². The van der Waals surface area contributed by atoms with Gasteiger partial charge in [-0.1, -0.05) is 15.9 Å². The van der Waals surface area contributed by atoms with Crippen molar-refractivity contribution >= 4 is 32.7 Å². The second-order valence-corrected chi connectivity index (χ2v) is 5.09. The van der Waals surface area contributed by atoms with Gasteiger partial charge in [-0.2, -0.15) is 0 Å². The SMILES string of the molecule is O=C(c1ccc(Br)cc1)c1ccc2[nH]c(=O)[nH]c2c1. The third-order valence-corrected chi connectivity index (χ3v) is 3.41. The maximum Gasteiger partial charge on any atom is 0.323 e. The first-order valence-electron chi connectivity index (χ1n) is 5.66. The van der Waals surface area contributed by atoms with E-state index in [9.17, 15) is 9.59 Å². The van der Waals surface area contributed by atoms with Crippen molar-refractivity contribution in [1.29, 1.82) is 0 Å². The zero-order valence-corrected chi connectivity index (χ0v) is 11.3. The predicted octanol–water partition coefficient (Wildman–Crippen LogP) is 2.85. The minimum atomic E-state index is -0.275. The molecule has 3 rings (SSSR count). The first-order valence-corrected chi connectivity index (χ1v) is 6.45. The van der Waals surface area contributed by atoms with Crippen LogP contribution in [-0.2, 0) is 0 Å². The van der Waals surface area contributed by atoms with Crippen molar-refractivity contribution in [2.24, 2.45) is 0 Å². The molecule has 5 heteroatoms. The molecule has 4 nitrogen and oxygen atoms in total. The van der Waals surface area contributed by atoms with Gasteiger partial charge in [0.2, 0.25) is 0 Å². The fraction of sp³-hybridized carbons (Fsp3) is 0. The van der Waals surface area contributed by atoms with E-state index in [-0.39, 0.29) is 11.5 Å². The molecule has 0 aliphatic carbocycles. The van der Waals surface area contributed by atoms with Gasteiger partial charge in [0.05, 0.1) is 11.0 Å². The summed E-state index contributed by atoms with van der Waals surface area (Å²) >= 11 is 3.33. The number of aromatic amines is 2. The van der Waals surface area contributed by atoms with Crippen molar-refractivity contribution in [2.75, 3.05) is 0 Å². The van der Waals surface area contributed by atoms with Gasteiger partial charge < -0.3 is 9.97 Å². The Morgan fingerprint density at radius 2 is 1.53 bits per heavy atom. The molecule has 0 aliphatic heterocycles. The molecule has 1 aromatic heterocycles. The van der Waals surface area contributed by atoms with Gasteiger partial charge in [-0.05, 0) is 42.5 Å². The van der Waals surface area contributed by atoms with Crippen molar-refractivity contribution in [3.8, 4) is 0 Å². The Kier molecular flexibility index (Phi) is 2.83. The number of hydrogen-bond donors (Lipinski definition) is 2. The fourth-order valence-corrected chi connectivity index (χ4v) is 2.21. The molecular weight excluding hydrogens is 308 g/mol. The lowest BCUT2D eigenvalue weighted by Gasteiger charge is -2.01. The molecule has 1 heterocycles. The molecule has 0 saturated heterocycles. The quantitative estimate of drug-likeness (QED) is 0.714. The molecule has 0 saturated carbocycles. The monoisotopic (exact) mass is 316 g/mol. The molecule has 2 N–H and O–H groups in total. The second kappa shape index (κ2) is 4.51. The number of carbonyl (C=O) groups is 1. The van der Waals surface area contributed by atoms with E-state index < -0.39 is 0 Å². The lowest BCUT2D eigenvalue weighted by molar-refractivity contribution is 0.103. The molecule has 0 spiro atoms. The minimum Gasteiger partial charge on any atom is -0.306 e. The summed E-state index contributed by atoms with van der Waals surface area (Å²) in [6.45, 7) is 0. The summed E-state index contributed by atoms with van der Waals surface area (Å²) in [5.74, 6) is -0.0727. The number of H-pyrrole nitrogens is 2. The van der Waals surface area contributed by atoms with E-state index in [1.54, 1.807) is 30.3 Å². The van der Waals surface area contributed by atoms with Crippen LogP contribution in [0.5, 0.6) is 0 Å². The zero-order chi connectivity index (χ0) is 13.4. The lowest BCUT2D eigenvalue weighted by Crippen LogP contribution is -2.01. The van der Waals surface area contributed by atoms with Gasteiger partial charge in [0.15, 0.2) is 5.78 Å². The van der Waals surface area contributed by atoms with Gasteiger partial charge in [-0.15, -0.1) is 0 Å². The number of nitrogens with one attached hydrogen (secondary N) is 2. The standard InChI is InChI=1S/C14H9BrN2O2/c15-10-4-1-8(2-5-10)13(18)9-3-6-11-12(7-9)17-14(19)16-11/h1-7H,(H2,16,17,19). The number of fused-ring (bicyclic) bond motifs is 1. The smallest absolute Gasteiger partial charge is 0.306 e. The highest BCUT2D eigenvalue weighted by Gasteiger charge is 2.10. The minimum absolute atomic E-state index is 0.0727. The number of imidazole rings is 1. The Labute approximate surface area is 116 Å². The van der Waals surface area contributed by atoms with Gasteiger partial charge in [-0.25, -0.2) is 4.79 Å². The summed E-state index contributed by atoms with van der Waals surface area (Å²) in [7, 11) is 0. The average Bonchev–Trinajstić information content (AvgIpc) is 2.77. The Balaban J connectivity index is 2.05. The van der Waals surface area contributed by atoms with Gasteiger partial charge in [-0.3, -0.25) is 4.79 Å². The van der Waals surface area contributed by atoms with Crippen LogP contribution in [0.1, 0.15) is 15.9 Å². The maximum atomic E-state index is 12.3. The first-order chi connectivity index (χ1) is 9.13. The average molecular weight is 317 g/mol. The van der Waals surface area contributed by atoms with Crippen molar-refractivity contribution < 1.29 is 4.79 Å². The number of aromatic nitrogens is 2. The summed E-state index contributed by atoms with van der Waals surface area (Å²) in [6.07, 6.45) is 0. The second-order valence-electron chi connectivity index (χ2n) is 4.18. The third kappa shape index (κ3) is 2.24. The van der Waals surface area contributed by atoms with E-state index in [2.05, 4.69) is 25.9 Å². The first kappa shape index (κ1) is 11.9. The molecule has 2 aromatic carbocycles. The molecule has 0 atom stereocenters. The number of hydrogen-bond acceptors (Lipinski definition) is 2. The van der Waals surface area contributed by atoms with Crippen LogP contribution in [0.2, 0.25) is 0 Å². The zero-order valence-electron chi connectivity index (χ0n) is 9.74. The molecular formula is C14H9BrN2O2. The topological polar surface area (TPSA) is 65.7 Å². The van der Waals surface area contributed by atoms with E-state index in [1.165, 1.54) is 0 Å². The van der Waals surface area contributed by atoms with Crippen molar-refractivity contribution in [1.82, 2.24) is 9.97 Å². The molecule has 3 aromatic rings. The van der Waals surface area contributed by atoms with Gasteiger partial charge in [0.25, 0.3) is 0 Å². The summed E-state index contributed by atoms with van der Waals surface area (Å²) in [5, 5.41) is 0. The van der Waals surface area contributed by atoms with Crippen molar-refractivity contribution in [2.45, 2.75) is 0 Å². The largest absolute Gasteiger partial charge is 0.323 e. The maximum absolute atomic E-state index is 12.3. The molecule has 0 radical (unpaired) electrons. The summed E-state index contributed by atoms with van der Waals surface area (Å²) < 4.78 is 0.925. The normalized spacial score (nSPS) is 10.8. The number of halogens is 1. The number of benzene rings is 2. The highest BCUT2D eigenvalue weighted by Crippen LogP contribution is 2.16. The number of carbonyl (C=O) groups excluding carboxylic acids is 1. The Morgan fingerprint density at radius 1 is 0.895 bits per heavy atom. The third-order valence-electron chi connectivity index (χ3n) is 2.88. The number of ketones is 1. The van der Waals surface area contributed by atoms with E-state index in [0.717, 1.165) is 4.47 Å². The Bertz CT molecular complexity index is 815. The van der Waals surface area contributed by atoms with Crippen LogP contribution in [0.25, 0.3) is 11.0 Å². The van der Waals surface area contributed by atoms with Gasteiger partial charge in [0, 0.05) is 15.6 Å². The fourth-order valence-electron chi connectivity index (χ4n) is 1.94. The van der Waals surface area contributed by atoms with E-state index in [0.29, 0.717) is 22.2 Å². The predicted molar refractivity (Wildman–Crippen MR) is 76.5 cm³/mol. The number of rotatable bonds is 2. The molecule has 0 unspecified atom stereocenters. The molecule has 94 valence electrons. The lowest BCUT2D eigenvalue weighted by atomic mass is 10.0. The van der Waals surface area contributed by atoms with Crippen LogP contribution >= 0.6 is 15.9 Å². The van der Waals surface area contributed by atoms with Crippen LogP contribution in [-0.4, -0.2) is 15.8 Å². The van der Waals surface area contributed by atoms with Crippen LogP contribution < -0.4 is 5.69 Å². The van der Waals surface area contributed by atoms with E-state index in [4.69, 9.17) is 0 Å². The van der Waals surface area contributed by atoms with Crippen molar-refractivity contribution in [3.05, 3.63) is 68.5 Å². The van der Waals surface area contributed by atoms with Crippen LogP contribution in [0.15, 0.2) is 51.7 Å². The van der Waals surface area contributed by atoms with Gasteiger partial charge >= 0.3 is 5.69 Å². The highest BCUT2D eigenvalue weighted by molar-refractivity contribution is 9.10. The highest BCUT2D eigenvalue weighted by atomic mass is 79.9. The molecule has 0 amide bonds. The molecule has 0 bridgehead atoms. The summed E-state index contributed by atoms with van der Waals surface area (Å²) in [6, 6.07) is 12.3. The van der Waals surface area contributed by atoms with Crippen molar-refractivity contribution in [3.63, 3.8) is 0 Å². The van der Waals surface area contributed by atoms with Crippen LogP contribution in [0.4, 0.5) is 0 Å². The van der Waals surface area contributed by atoms with Crippen LogP contribution in [0.3, 0.4) is 0 Å². The van der Waals surface area contributed by atoms with Gasteiger partial charge in [0.1, 0.15) is 0 Å². The summed E-state index contributed by atoms with van der Waals surface area (Å²) in [4.78, 5) is 28.8. The molecule has 19 heavy (non-hydrogen) atoms. The Morgan fingerprint density at radius 3 is 2.26 bits per heavy atom. The van der Waals surface area contributed by atoms with E-state index >= 15 is 0 Å². The molecule has 0 aliphatic rings. The van der Waals surface area contributed by atoms with Crippen LogP contribution in [0, 0.1) is 0 Å². The Hall–Kier alpha value is -2.14.